The van der Waals surface area contributed by atoms with Crippen LogP contribution < -0.4 is 4.74 Å². The second-order valence-electron chi connectivity index (χ2n) is 6.83. The predicted molar refractivity (Wildman–Crippen MR) is 118 cm³/mol. The number of hydrogen-bond donors (Lipinski definition) is 0. The summed E-state index contributed by atoms with van der Waals surface area (Å²) in [5.74, 6) is 1.22. The largest absolute Gasteiger partial charge is 0.493 e. The van der Waals surface area contributed by atoms with E-state index in [9.17, 15) is 4.79 Å². The highest BCUT2D eigenvalue weighted by molar-refractivity contribution is 7.99. The van der Waals surface area contributed by atoms with Gasteiger partial charge in [0.05, 0.1) is 23.7 Å². The molecule has 1 aromatic heterocycles. The number of carbonyl (C=O) groups is 1. The molecule has 0 aliphatic carbocycles. The highest BCUT2D eigenvalue weighted by Gasteiger charge is 2.16. The molecule has 29 heavy (non-hydrogen) atoms. The molecule has 154 valence electrons. The molecule has 1 atom stereocenters. The molecule has 0 amide bonds. The summed E-state index contributed by atoms with van der Waals surface area (Å²) >= 11 is 7.45. The second-order valence-corrected chi connectivity index (χ2v) is 8.33. The maximum Gasteiger partial charge on any atom is 0.326 e. The number of nitrogens with zero attached hydrogens (tertiary/aromatic N) is 2. The van der Waals surface area contributed by atoms with Crippen molar-refractivity contribution in [3.05, 3.63) is 53.1 Å². The number of aryl methyl sites for hydroxylation is 1. The molecule has 1 unspecified atom stereocenters. The van der Waals surface area contributed by atoms with Crippen LogP contribution in [0, 0.1) is 6.92 Å². The first-order valence-corrected chi connectivity index (χ1v) is 11.0. The zero-order valence-corrected chi connectivity index (χ0v) is 18.4. The van der Waals surface area contributed by atoms with Gasteiger partial charge < -0.3 is 14.0 Å². The first-order valence-electron chi connectivity index (χ1n) is 9.63. The van der Waals surface area contributed by atoms with Gasteiger partial charge in [-0.2, -0.15) is 0 Å². The number of fused-ring (bicyclic) bond motifs is 1. The summed E-state index contributed by atoms with van der Waals surface area (Å²) < 4.78 is 13.1. The molecule has 3 aromatic rings. The van der Waals surface area contributed by atoms with Crippen LogP contribution in [0.15, 0.2) is 47.6 Å². The number of carbonyl (C=O) groups excluding carboxylic acids is 1. The van der Waals surface area contributed by atoms with Crippen LogP contribution in [-0.4, -0.2) is 34.0 Å². The molecule has 0 radical (unpaired) electrons. The fourth-order valence-corrected chi connectivity index (χ4v) is 3.73. The lowest BCUT2D eigenvalue weighted by atomic mass is 10.2. The number of rotatable bonds is 9. The average molecular weight is 433 g/mol. The standard InChI is InChI=1S/C22H25ClN2O3S/c1-4-16(3)28-21(26)14-25-20-10-5-15(2)13-19(20)24-22(25)29-12-11-27-18-8-6-17(23)7-9-18/h5-10,13,16H,4,11-12,14H2,1-3H3. The molecular weight excluding hydrogens is 408 g/mol. The summed E-state index contributed by atoms with van der Waals surface area (Å²) in [5, 5.41) is 1.46. The lowest BCUT2D eigenvalue weighted by Gasteiger charge is -2.13. The van der Waals surface area contributed by atoms with Gasteiger partial charge in [-0.1, -0.05) is 36.4 Å². The highest BCUT2D eigenvalue weighted by Crippen LogP contribution is 2.25. The molecule has 0 N–H and O–H groups in total. The Balaban J connectivity index is 1.70. The Morgan fingerprint density at radius 1 is 1.24 bits per heavy atom. The van der Waals surface area contributed by atoms with Gasteiger partial charge in [-0.05, 0) is 62.2 Å². The number of halogens is 1. The van der Waals surface area contributed by atoms with Crippen LogP contribution in [0.3, 0.4) is 0 Å². The molecule has 0 aliphatic rings. The first-order chi connectivity index (χ1) is 14.0. The van der Waals surface area contributed by atoms with Crippen molar-refractivity contribution in [3.8, 4) is 5.75 Å². The van der Waals surface area contributed by atoms with Crippen molar-refractivity contribution >= 4 is 40.4 Å². The zero-order valence-electron chi connectivity index (χ0n) is 16.9. The molecule has 0 saturated heterocycles. The third kappa shape index (κ3) is 5.90. The average Bonchev–Trinajstić information content (AvgIpc) is 3.02. The zero-order chi connectivity index (χ0) is 20.8. The van der Waals surface area contributed by atoms with Crippen molar-refractivity contribution < 1.29 is 14.3 Å². The molecule has 5 nitrogen and oxygen atoms in total. The van der Waals surface area contributed by atoms with Crippen LogP contribution in [0.25, 0.3) is 11.0 Å². The lowest BCUT2D eigenvalue weighted by Crippen LogP contribution is -2.19. The summed E-state index contributed by atoms with van der Waals surface area (Å²) in [6.07, 6.45) is 0.697. The third-order valence-electron chi connectivity index (χ3n) is 4.46. The van der Waals surface area contributed by atoms with Crippen LogP contribution in [0.1, 0.15) is 25.8 Å². The minimum Gasteiger partial charge on any atom is -0.493 e. The van der Waals surface area contributed by atoms with Crippen molar-refractivity contribution in [2.75, 3.05) is 12.4 Å². The van der Waals surface area contributed by atoms with E-state index >= 15 is 0 Å². The van der Waals surface area contributed by atoms with Gasteiger partial charge in [0.1, 0.15) is 12.3 Å². The Kier molecular flexibility index (Phi) is 7.45. The fraction of sp³-hybridized carbons (Fsp3) is 0.364. The third-order valence-corrected chi connectivity index (χ3v) is 5.65. The van der Waals surface area contributed by atoms with Crippen LogP contribution in [-0.2, 0) is 16.1 Å². The SMILES string of the molecule is CCC(C)OC(=O)Cn1c(SCCOc2ccc(Cl)cc2)nc2cc(C)ccc21. The van der Waals surface area contributed by atoms with Gasteiger partial charge in [-0.25, -0.2) is 4.98 Å². The fourth-order valence-electron chi connectivity index (χ4n) is 2.78. The smallest absolute Gasteiger partial charge is 0.326 e. The normalized spacial score (nSPS) is 12.1. The summed E-state index contributed by atoms with van der Waals surface area (Å²) in [6.45, 7) is 6.59. The minimum atomic E-state index is -0.251. The van der Waals surface area contributed by atoms with Crippen LogP contribution >= 0.6 is 23.4 Å². The van der Waals surface area contributed by atoms with E-state index in [1.165, 1.54) is 0 Å². The van der Waals surface area contributed by atoms with Crippen molar-refractivity contribution in [3.63, 3.8) is 0 Å². The van der Waals surface area contributed by atoms with E-state index in [-0.39, 0.29) is 18.6 Å². The van der Waals surface area contributed by atoms with Crippen LogP contribution in [0.5, 0.6) is 5.75 Å². The second kappa shape index (κ2) is 10.0. The Morgan fingerprint density at radius 2 is 2.00 bits per heavy atom. The van der Waals surface area contributed by atoms with Crippen molar-refractivity contribution in [2.24, 2.45) is 0 Å². The van der Waals surface area contributed by atoms with Crippen molar-refractivity contribution in [1.82, 2.24) is 9.55 Å². The topological polar surface area (TPSA) is 53.4 Å². The Hall–Kier alpha value is -2.18. The minimum absolute atomic E-state index is 0.0941. The maximum absolute atomic E-state index is 12.4. The number of thioether (sulfide) groups is 1. The van der Waals surface area contributed by atoms with Gasteiger partial charge in [-0.3, -0.25) is 4.79 Å². The number of ether oxygens (including phenoxy) is 2. The first kappa shape index (κ1) is 21.5. The molecule has 0 saturated carbocycles. The molecule has 0 fully saturated rings. The van der Waals surface area contributed by atoms with Gasteiger partial charge >= 0.3 is 5.97 Å². The van der Waals surface area contributed by atoms with Gasteiger partial charge in [0.25, 0.3) is 0 Å². The monoisotopic (exact) mass is 432 g/mol. The Labute approximate surface area is 180 Å². The van der Waals surface area contributed by atoms with E-state index in [0.717, 1.165) is 33.9 Å². The van der Waals surface area contributed by atoms with Crippen LogP contribution in [0.2, 0.25) is 5.02 Å². The Morgan fingerprint density at radius 3 is 2.72 bits per heavy atom. The molecule has 3 rings (SSSR count). The molecule has 7 heteroatoms. The lowest BCUT2D eigenvalue weighted by molar-refractivity contribution is -0.149. The summed E-state index contributed by atoms with van der Waals surface area (Å²) in [5.41, 5.74) is 2.94. The van der Waals surface area contributed by atoms with E-state index in [1.807, 2.05) is 55.7 Å². The van der Waals surface area contributed by atoms with E-state index in [1.54, 1.807) is 23.9 Å². The number of imidazole rings is 1. The van der Waals surface area contributed by atoms with E-state index in [4.69, 9.17) is 26.1 Å². The molecule has 1 heterocycles. The number of aromatic nitrogens is 2. The Bertz CT molecular complexity index is 972. The van der Waals surface area contributed by atoms with E-state index < -0.39 is 0 Å². The maximum atomic E-state index is 12.4. The molecule has 0 bridgehead atoms. The van der Waals surface area contributed by atoms with Gasteiger partial charge in [0.2, 0.25) is 0 Å². The number of benzene rings is 2. The van der Waals surface area contributed by atoms with Crippen molar-refractivity contribution in [2.45, 2.75) is 45.0 Å². The van der Waals surface area contributed by atoms with Crippen molar-refractivity contribution in [1.29, 1.82) is 0 Å². The summed E-state index contributed by atoms with van der Waals surface area (Å²) in [6, 6.07) is 13.3. The van der Waals surface area contributed by atoms with E-state index in [2.05, 4.69) is 0 Å². The summed E-state index contributed by atoms with van der Waals surface area (Å²) in [4.78, 5) is 17.1. The quantitative estimate of drug-likeness (QED) is 0.253. The predicted octanol–water partition coefficient (Wildman–Crippen LogP) is 5.51. The highest BCUT2D eigenvalue weighted by atomic mass is 35.5. The molecular formula is C22H25ClN2O3S. The summed E-state index contributed by atoms with van der Waals surface area (Å²) in [7, 11) is 0. The van der Waals surface area contributed by atoms with Gasteiger partial charge in [-0.15, -0.1) is 0 Å². The molecule has 0 aliphatic heterocycles. The number of esters is 1. The van der Waals surface area contributed by atoms with E-state index in [0.29, 0.717) is 17.4 Å². The molecule has 2 aromatic carbocycles. The van der Waals surface area contributed by atoms with Gasteiger partial charge in [0.15, 0.2) is 5.16 Å². The van der Waals surface area contributed by atoms with Crippen LogP contribution in [0.4, 0.5) is 0 Å². The van der Waals surface area contributed by atoms with Gasteiger partial charge in [0, 0.05) is 10.8 Å². The number of hydrogen-bond acceptors (Lipinski definition) is 5. The molecule has 0 spiro atoms.